The predicted octanol–water partition coefficient (Wildman–Crippen LogP) is 2.79. The van der Waals surface area contributed by atoms with E-state index >= 15 is 0 Å². The zero-order valence-corrected chi connectivity index (χ0v) is 10.0. The van der Waals surface area contributed by atoms with Crippen molar-refractivity contribution in [2.75, 3.05) is 6.54 Å². The molecule has 0 N–H and O–H groups in total. The molecule has 1 fully saturated rings. The maximum atomic E-state index is 9.05. The molecule has 0 spiro atoms. The number of likely N-dealkylation sites (tertiary alicyclic amines) is 1. The number of aryl methyl sites for hydroxylation is 2. The molecule has 84 valence electrons. The van der Waals surface area contributed by atoms with Crippen LogP contribution in [-0.4, -0.2) is 17.5 Å². The van der Waals surface area contributed by atoms with Gasteiger partial charge in [-0.2, -0.15) is 5.26 Å². The molecule has 1 saturated heterocycles. The van der Waals surface area contributed by atoms with Gasteiger partial charge in [0, 0.05) is 6.54 Å². The van der Waals surface area contributed by atoms with Gasteiger partial charge in [-0.05, 0) is 44.4 Å². The third-order valence-electron chi connectivity index (χ3n) is 3.39. The Hall–Kier alpha value is -1.33. The second-order valence-electron chi connectivity index (χ2n) is 4.69. The standard InChI is InChI=1S/C14H18N2/c1-11-5-6-12(2)13(8-11)10-16-7-3-4-14(16)9-15/h5-6,8,14H,3-4,7,10H2,1-2H3. The van der Waals surface area contributed by atoms with Gasteiger partial charge in [-0.25, -0.2) is 0 Å². The summed E-state index contributed by atoms with van der Waals surface area (Å²) in [4.78, 5) is 2.29. The molecule has 1 unspecified atom stereocenters. The summed E-state index contributed by atoms with van der Waals surface area (Å²) in [7, 11) is 0. The molecule has 0 aliphatic carbocycles. The molecule has 0 radical (unpaired) electrons. The van der Waals surface area contributed by atoms with Gasteiger partial charge in [0.05, 0.1) is 12.1 Å². The second kappa shape index (κ2) is 4.67. The van der Waals surface area contributed by atoms with E-state index in [1.54, 1.807) is 0 Å². The largest absolute Gasteiger partial charge is 0.284 e. The van der Waals surface area contributed by atoms with Gasteiger partial charge in [-0.15, -0.1) is 0 Å². The van der Waals surface area contributed by atoms with Gasteiger partial charge in [-0.1, -0.05) is 23.8 Å². The van der Waals surface area contributed by atoms with Crippen LogP contribution < -0.4 is 0 Å². The normalized spacial score (nSPS) is 20.9. The minimum Gasteiger partial charge on any atom is -0.284 e. The molecule has 1 aromatic rings. The van der Waals surface area contributed by atoms with Crippen LogP contribution in [0.15, 0.2) is 18.2 Å². The predicted molar refractivity (Wildman–Crippen MR) is 65.0 cm³/mol. The highest BCUT2D eigenvalue weighted by atomic mass is 15.2. The maximum absolute atomic E-state index is 9.05. The van der Waals surface area contributed by atoms with Crippen LogP contribution in [0.5, 0.6) is 0 Å². The lowest BCUT2D eigenvalue weighted by Gasteiger charge is -2.20. The van der Waals surface area contributed by atoms with Crippen LogP contribution in [0.3, 0.4) is 0 Å². The van der Waals surface area contributed by atoms with Crippen molar-refractivity contribution in [2.24, 2.45) is 0 Å². The van der Waals surface area contributed by atoms with Crippen molar-refractivity contribution in [3.8, 4) is 6.07 Å². The Bertz CT molecular complexity index is 417. The van der Waals surface area contributed by atoms with E-state index in [2.05, 4.69) is 43.0 Å². The van der Waals surface area contributed by atoms with Crippen molar-refractivity contribution in [3.05, 3.63) is 34.9 Å². The van der Waals surface area contributed by atoms with Crippen molar-refractivity contribution in [1.29, 1.82) is 5.26 Å². The lowest BCUT2D eigenvalue weighted by Crippen LogP contribution is -2.27. The van der Waals surface area contributed by atoms with E-state index in [1.165, 1.54) is 16.7 Å². The number of nitrogens with zero attached hydrogens (tertiary/aromatic N) is 2. The fraction of sp³-hybridized carbons (Fsp3) is 0.500. The summed E-state index contributed by atoms with van der Waals surface area (Å²) in [5, 5.41) is 9.05. The smallest absolute Gasteiger partial charge is 0.0981 e. The number of rotatable bonds is 2. The average molecular weight is 214 g/mol. The first-order valence-corrected chi connectivity index (χ1v) is 5.90. The second-order valence-corrected chi connectivity index (χ2v) is 4.69. The molecule has 0 aromatic heterocycles. The van der Waals surface area contributed by atoms with E-state index in [1.807, 2.05) is 0 Å². The first-order valence-electron chi connectivity index (χ1n) is 5.90. The molecule has 1 aliphatic heterocycles. The first-order chi connectivity index (χ1) is 7.70. The van der Waals surface area contributed by atoms with Gasteiger partial charge < -0.3 is 0 Å². The Morgan fingerprint density at radius 1 is 1.44 bits per heavy atom. The van der Waals surface area contributed by atoms with Gasteiger partial charge in [0.25, 0.3) is 0 Å². The Labute approximate surface area is 97.5 Å². The molecule has 0 bridgehead atoms. The molecule has 16 heavy (non-hydrogen) atoms. The van der Waals surface area contributed by atoms with Gasteiger partial charge in [0.1, 0.15) is 0 Å². The van der Waals surface area contributed by atoms with Gasteiger partial charge in [0.15, 0.2) is 0 Å². The zero-order valence-electron chi connectivity index (χ0n) is 10.0. The number of hydrogen-bond acceptors (Lipinski definition) is 2. The van der Waals surface area contributed by atoms with Crippen LogP contribution in [0.25, 0.3) is 0 Å². The summed E-state index contributed by atoms with van der Waals surface area (Å²) in [5.41, 5.74) is 3.99. The molecular formula is C14H18N2. The zero-order chi connectivity index (χ0) is 11.5. The average Bonchev–Trinajstić information content (AvgIpc) is 2.71. The lowest BCUT2D eigenvalue weighted by atomic mass is 10.0. The van der Waals surface area contributed by atoms with E-state index in [0.717, 1.165) is 25.9 Å². The molecule has 1 atom stereocenters. The Morgan fingerprint density at radius 2 is 2.25 bits per heavy atom. The molecule has 0 amide bonds. The summed E-state index contributed by atoms with van der Waals surface area (Å²) in [6.07, 6.45) is 2.18. The lowest BCUT2D eigenvalue weighted by molar-refractivity contribution is 0.286. The fourth-order valence-electron chi connectivity index (χ4n) is 2.35. The van der Waals surface area contributed by atoms with Crippen LogP contribution in [0.1, 0.15) is 29.5 Å². The van der Waals surface area contributed by atoms with Crippen molar-refractivity contribution >= 4 is 0 Å². The van der Waals surface area contributed by atoms with E-state index in [-0.39, 0.29) is 6.04 Å². The third kappa shape index (κ3) is 2.25. The Balaban J connectivity index is 2.14. The molecule has 1 aromatic carbocycles. The number of nitriles is 1. The van der Waals surface area contributed by atoms with E-state index < -0.39 is 0 Å². The summed E-state index contributed by atoms with van der Waals surface area (Å²) < 4.78 is 0. The van der Waals surface area contributed by atoms with Crippen LogP contribution >= 0.6 is 0 Å². The van der Waals surface area contributed by atoms with Crippen molar-refractivity contribution in [2.45, 2.75) is 39.3 Å². The molecule has 0 saturated carbocycles. The fourth-order valence-corrected chi connectivity index (χ4v) is 2.35. The van der Waals surface area contributed by atoms with Crippen molar-refractivity contribution in [1.82, 2.24) is 4.90 Å². The molecule has 2 heteroatoms. The minimum absolute atomic E-state index is 0.125. The highest BCUT2D eigenvalue weighted by Gasteiger charge is 2.24. The summed E-state index contributed by atoms with van der Waals surface area (Å²) in [6.45, 7) is 6.25. The summed E-state index contributed by atoms with van der Waals surface area (Å²) in [6, 6.07) is 9.07. The van der Waals surface area contributed by atoms with Crippen LogP contribution in [-0.2, 0) is 6.54 Å². The monoisotopic (exact) mass is 214 g/mol. The molecule has 2 rings (SSSR count). The SMILES string of the molecule is Cc1ccc(C)c(CN2CCCC2C#N)c1. The minimum atomic E-state index is 0.125. The van der Waals surface area contributed by atoms with Gasteiger partial charge in [0.2, 0.25) is 0 Å². The Morgan fingerprint density at radius 3 is 3.00 bits per heavy atom. The van der Waals surface area contributed by atoms with E-state index in [4.69, 9.17) is 5.26 Å². The van der Waals surface area contributed by atoms with Crippen molar-refractivity contribution in [3.63, 3.8) is 0 Å². The number of benzene rings is 1. The third-order valence-corrected chi connectivity index (χ3v) is 3.39. The highest BCUT2D eigenvalue weighted by molar-refractivity contribution is 5.30. The summed E-state index contributed by atoms with van der Waals surface area (Å²) >= 11 is 0. The maximum Gasteiger partial charge on any atom is 0.0981 e. The van der Waals surface area contributed by atoms with Crippen LogP contribution in [0, 0.1) is 25.2 Å². The highest BCUT2D eigenvalue weighted by Crippen LogP contribution is 2.21. The van der Waals surface area contributed by atoms with E-state index in [9.17, 15) is 0 Å². The molecule has 1 heterocycles. The Kier molecular flexibility index (Phi) is 3.26. The summed E-state index contributed by atoms with van der Waals surface area (Å²) in [5.74, 6) is 0. The van der Waals surface area contributed by atoms with Crippen LogP contribution in [0.2, 0.25) is 0 Å². The topological polar surface area (TPSA) is 27.0 Å². The first kappa shape index (κ1) is 11.2. The van der Waals surface area contributed by atoms with Gasteiger partial charge >= 0.3 is 0 Å². The van der Waals surface area contributed by atoms with Crippen LogP contribution in [0.4, 0.5) is 0 Å². The van der Waals surface area contributed by atoms with E-state index in [0.29, 0.717) is 0 Å². The molecule has 2 nitrogen and oxygen atoms in total. The molecular weight excluding hydrogens is 196 g/mol. The quantitative estimate of drug-likeness (QED) is 0.757. The number of hydrogen-bond donors (Lipinski definition) is 0. The van der Waals surface area contributed by atoms with Crippen molar-refractivity contribution < 1.29 is 0 Å². The van der Waals surface area contributed by atoms with Gasteiger partial charge in [-0.3, -0.25) is 4.90 Å². The molecule has 1 aliphatic rings.